The summed E-state index contributed by atoms with van der Waals surface area (Å²) in [4.78, 5) is 42.5. The molecule has 0 radical (unpaired) electrons. The van der Waals surface area contributed by atoms with E-state index in [1.165, 1.54) is 4.90 Å². The summed E-state index contributed by atoms with van der Waals surface area (Å²) in [6.07, 6.45) is 0. The summed E-state index contributed by atoms with van der Waals surface area (Å²) in [5.41, 5.74) is 3.15. The molecule has 4 aliphatic rings. The summed E-state index contributed by atoms with van der Waals surface area (Å²) in [6.45, 7) is 1.56. The molecule has 2 atom stereocenters. The topological polar surface area (TPSA) is 54.5 Å². The molecule has 1 saturated heterocycles. The molecule has 7 rings (SSSR count). The van der Waals surface area contributed by atoms with Crippen LogP contribution >= 0.6 is 22.6 Å². The molecule has 1 aliphatic heterocycles. The Morgan fingerprint density at radius 1 is 0.839 bits per heavy atom. The lowest BCUT2D eigenvalue weighted by Gasteiger charge is -2.52. The van der Waals surface area contributed by atoms with Crippen molar-refractivity contribution >= 4 is 45.9 Å². The SMILES string of the molecule is CC(=O)C12c3ccccc3C(c3ccccc31)[C@H]1C(=O)N(c3ccc(I)cc3)C(=O)[C@@H]12. The van der Waals surface area contributed by atoms with Crippen molar-refractivity contribution in [3.8, 4) is 0 Å². The lowest BCUT2D eigenvalue weighted by Crippen LogP contribution is -2.57. The second-order valence-corrected chi connectivity index (χ2v) is 9.75. The van der Waals surface area contributed by atoms with E-state index in [1.807, 2.05) is 60.7 Å². The average Bonchev–Trinajstić information content (AvgIpc) is 3.05. The molecule has 0 N–H and O–H groups in total. The van der Waals surface area contributed by atoms with Gasteiger partial charge in [-0.05, 0) is 76.0 Å². The fourth-order valence-corrected chi connectivity index (χ4v) is 6.57. The second kappa shape index (κ2) is 6.36. The Bertz CT molecular complexity index is 1250. The molecule has 0 unspecified atom stereocenters. The van der Waals surface area contributed by atoms with Crippen LogP contribution in [0.4, 0.5) is 5.69 Å². The number of imide groups is 1. The molecule has 2 amide bonds. The molecule has 5 heteroatoms. The molecule has 31 heavy (non-hydrogen) atoms. The van der Waals surface area contributed by atoms with Crippen LogP contribution in [0.1, 0.15) is 35.1 Å². The fourth-order valence-electron chi connectivity index (χ4n) is 6.21. The number of benzene rings is 3. The predicted molar refractivity (Wildman–Crippen MR) is 125 cm³/mol. The summed E-state index contributed by atoms with van der Waals surface area (Å²) in [7, 11) is 0. The lowest BCUT2D eigenvalue weighted by atomic mass is 9.46. The number of nitrogens with zero attached hydrogens (tertiary/aromatic N) is 1. The third kappa shape index (κ3) is 2.17. The number of halogens is 1. The first kappa shape index (κ1) is 18.9. The highest BCUT2D eigenvalue weighted by molar-refractivity contribution is 14.1. The zero-order chi connectivity index (χ0) is 21.5. The zero-order valence-corrected chi connectivity index (χ0v) is 18.9. The maximum absolute atomic E-state index is 13.9. The van der Waals surface area contributed by atoms with Gasteiger partial charge in [0, 0.05) is 9.49 Å². The Morgan fingerprint density at radius 2 is 1.39 bits per heavy atom. The summed E-state index contributed by atoms with van der Waals surface area (Å²) < 4.78 is 1.03. The molecule has 1 heterocycles. The Morgan fingerprint density at radius 3 is 1.94 bits per heavy atom. The predicted octanol–water partition coefficient (Wildman–Crippen LogP) is 4.43. The molecule has 3 aliphatic carbocycles. The van der Waals surface area contributed by atoms with Crippen molar-refractivity contribution in [2.75, 3.05) is 4.90 Å². The zero-order valence-electron chi connectivity index (χ0n) is 16.7. The highest BCUT2D eigenvalue weighted by Crippen LogP contribution is 2.64. The number of Topliss-reactive ketones (excluding diaryl/α,β-unsaturated/α-hetero) is 1. The minimum Gasteiger partial charge on any atom is -0.299 e. The molecule has 0 spiro atoms. The number of hydrogen-bond donors (Lipinski definition) is 0. The number of hydrogen-bond acceptors (Lipinski definition) is 3. The Labute approximate surface area is 193 Å². The van der Waals surface area contributed by atoms with Crippen LogP contribution < -0.4 is 4.90 Å². The van der Waals surface area contributed by atoms with E-state index in [0.29, 0.717) is 5.69 Å². The molecule has 3 aromatic rings. The first-order chi connectivity index (χ1) is 15.0. The largest absolute Gasteiger partial charge is 0.299 e. The van der Waals surface area contributed by atoms with Gasteiger partial charge in [0.1, 0.15) is 5.78 Å². The molecule has 0 aromatic heterocycles. The van der Waals surface area contributed by atoms with Gasteiger partial charge in [0.15, 0.2) is 0 Å². The van der Waals surface area contributed by atoms with Crippen LogP contribution in [0.3, 0.4) is 0 Å². The number of ketones is 1. The highest BCUT2D eigenvalue weighted by Gasteiger charge is 2.69. The lowest BCUT2D eigenvalue weighted by molar-refractivity contribution is -0.132. The van der Waals surface area contributed by atoms with Crippen molar-refractivity contribution in [2.45, 2.75) is 18.3 Å². The van der Waals surface area contributed by atoms with Crippen LogP contribution in [0.25, 0.3) is 0 Å². The average molecular weight is 519 g/mol. The summed E-state index contributed by atoms with van der Waals surface area (Å²) in [6, 6.07) is 23.0. The minimum atomic E-state index is -1.14. The van der Waals surface area contributed by atoms with E-state index in [0.717, 1.165) is 25.8 Å². The van der Waals surface area contributed by atoms with Gasteiger partial charge in [-0.1, -0.05) is 48.5 Å². The van der Waals surface area contributed by atoms with Crippen molar-refractivity contribution in [2.24, 2.45) is 11.8 Å². The summed E-state index contributed by atoms with van der Waals surface area (Å²) in [5.74, 6) is -2.13. The molecule has 0 saturated carbocycles. The van der Waals surface area contributed by atoms with Crippen molar-refractivity contribution in [1.29, 1.82) is 0 Å². The number of rotatable bonds is 2. The van der Waals surface area contributed by atoms with Crippen molar-refractivity contribution in [3.05, 3.63) is 98.6 Å². The first-order valence-electron chi connectivity index (χ1n) is 10.3. The van der Waals surface area contributed by atoms with Crippen LogP contribution in [-0.4, -0.2) is 17.6 Å². The van der Waals surface area contributed by atoms with Crippen LogP contribution in [0.2, 0.25) is 0 Å². The van der Waals surface area contributed by atoms with E-state index in [-0.39, 0.29) is 23.5 Å². The first-order valence-corrected chi connectivity index (χ1v) is 11.4. The van der Waals surface area contributed by atoms with Gasteiger partial charge >= 0.3 is 0 Å². The van der Waals surface area contributed by atoms with Crippen LogP contribution in [0, 0.1) is 15.4 Å². The third-order valence-corrected chi connectivity index (χ3v) is 7.98. The van der Waals surface area contributed by atoms with Gasteiger partial charge in [0.2, 0.25) is 11.8 Å². The quantitative estimate of drug-likeness (QED) is 0.372. The van der Waals surface area contributed by atoms with Crippen LogP contribution in [-0.2, 0) is 19.8 Å². The number of carbonyl (C=O) groups excluding carboxylic acids is 3. The standard InChI is InChI=1S/C26H18INO3/c1-14(29)26-19-8-4-2-6-17(19)21(18-7-3-5-9-20(18)26)22-23(26)25(31)28(24(22)30)16-12-10-15(27)11-13-16/h2-13,21-23H,1H3/t21?,22-,23-,26?/m1/s1. The van der Waals surface area contributed by atoms with Gasteiger partial charge in [0.05, 0.1) is 22.9 Å². The Balaban J connectivity index is 1.67. The molecule has 3 aromatic carbocycles. The van der Waals surface area contributed by atoms with E-state index in [1.54, 1.807) is 19.1 Å². The van der Waals surface area contributed by atoms with Gasteiger partial charge in [0.25, 0.3) is 0 Å². The summed E-state index contributed by atoms with van der Waals surface area (Å²) in [5, 5.41) is 0. The number of anilines is 1. The number of carbonyl (C=O) groups is 3. The maximum Gasteiger partial charge on any atom is 0.239 e. The highest BCUT2D eigenvalue weighted by atomic mass is 127. The fraction of sp³-hybridized carbons (Fsp3) is 0.192. The van der Waals surface area contributed by atoms with Gasteiger partial charge in [-0.2, -0.15) is 0 Å². The van der Waals surface area contributed by atoms with Gasteiger partial charge < -0.3 is 0 Å². The smallest absolute Gasteiger partial charge is 0.239 e. The molecular weight excluding hydrogens is 501 g/mol. The minimum absolute atomic E-state index is 0.0915. The van der Waals surface area contributed by atoms with E-state index < -0.39 is 17.3 Å². The second-order valence-electron chi connectivity index (χ2n) is 8.51. The van der Waals surface area contributed by atoms with Gasteiger partial charge in [-0.25, -0.2) is 4.90 Å². The Kier molecular flexibility index (Phi) is 3.88. The number of amides is 2. The van der Waals surface area contributed by atoms with E-state index in [9.17, 15) is 14.4 Å². The van der Waals surface area contributed by atoms with Crippen molar-refractivity contribution in [1.82, 2.24) is 0 Å². The van der Waals surface area contributed by atoms with Gasteiger partial charge in [-0.15, -0.1) is 0 Å². The maximum atomic E-state index is 13.9. The molecule has 4 nitrogen and oxygen atoms in total. The van der Waals surface area contributed by atoms with Crippen molar-refractivity contribution < 1.29 is 14.4 Å². The normalized spacial score (nSPS) is 27.7. The molecule has 1 fully saturated rings. The van der Waals surface area contributed by atoms with Crippen LogP contribution in [0.5, 0.6) is 0 Å². The van der Waals surface area contributed by atoms with E-state index in [4.69, 9.17) is 0 Å². The molecular formula is C26H18INO3. The Hall–Kier alpha value is -2.80. The van der Waals surface area contributed by atoms with Crippen molar-refractivity contribution in [3.63, 3.8) is 0 Å². The van der Waals surface area contributed by atoms with Crippen LogP contribution in [0.15, 0.2) is 72.8 Å². The monoisotopic (exact) mass is 519 g/mol. The van der Waals surface area contributed by atoms with Gasteiger partial charge in [-0.3, -0.25) is 14.4 Å². The molecule has 152 valence electrons. The van der Waals surface area contributed by atoms with E-state index in [2.05, 4.69) is 22.6 Å². The molecule has 2 bridgehead atoms. The van der Waals surface area contributed by atoms with E-state index >= 15 is 0 Å². The summed E-state index contributed by atoms with van der Waals surface area (Å²) >= 11 is 2.20. The third-order valence-electron chi connectivity index (χ3n) is 7.26.